The molecular formula is C38H70CaN4O2. The minimum atomic E-state index is -0.266. The molecule has 0 fully saturated rings. The largest absolute Gasteiger partial charge is 2.00 e. The summed E-state index contributed by atoms with van der Waals surface area (Å²) >= 11 is 0. The summed E-state index contributed by atoms with van der Waals surface area (Å²) in [6.45, 7) is 4.54. The summed E-state index contributed by atoms with van der Waals surface area (Å²) in [5.41, 5.74) is 0. The molecule has 0 heterocycles. The van der Waals surface area contributed by atoms with Crippen molar-refractivity contribution < 1.29 is 9.59 Å². The maximum absolute atomic E-state index is 11.0. The third kappa shape index (κ3) is 47.9. The second-order valence-corrected chi connectivity index (χ2v) is 12.6. The molecule has 0 rings (SSSR count). The van der Waals surface area contributed by atoms with E-state index in [0.717, 1.165) is 25.7 Å². The summed E-state index contributed by atoms with van der Waals surface area (Å²) in [6.07, 6.45) is 40.4. The average Bonchev–Trinajstić information content (AvgIpc) is 3.01. The van der Waals surface area contributed by atoms with Crippen molar-refractivity contribution in [1.29, 1.82) is 0 Å². The van der Waals surface area contributed by atoms with E-state index >= 15 is 0 Å². The maximum atomic E-state index is 11.0. The van der Waals surface area contributed by atoms with E-state index in [9.17, 15) is 9.59 Å². The van der Waals surface area contributed by atoms with Crippen LogP contribution in [0.3, 0.4) is 0 Å². The average molecular weight is 655 g/mol. The Morgan fingerprint density at radius 3 is 0.733 bits per heavy atom. The minimum absolute atomic E-state index is 0. The maximum Gasteiger partial charge on any atom is 2.00 e. The summed E-state index contributed by atoms with van der Waals surface area (Å²) < 4.78 is 0. The van der Waals surface area contributed by atoms with Gasteiger partial charge in [-0.3, -0.25) is 9.59 Å². The Balaban J connectivity index is -0.000000767. The number of carbonyl (C=O) groups excluding carboxylic acids is 2. The summed E-state index contributed by atoms with van der Waals surface area (Å²) in [4.78, 5) is 28.4. The first-order chi connectivity index (χ1) is 21.6. The van der Waals surface area contributed by atoms with Gasteiger partial charge >= 0.3 is 37.7 Å². The number of carbonyl (C=O) groups is 2. The van der Waals surface area contributed by atoms with Crippen molar-refractivity contribution in [2.75, 3.05) is 0 Å². The van der Waals surface area contributed by atoms with E-state index in [2.05, 4.69) is 23.8 Å². The van der Waals surface area contributed by atoms with Gasteiger partial charge < -0.3 is 20.8 Å². The molecule has 0 atom stereocenters. The van der Waals surface area contributed by atoms with Gasteiger partial charge in [-0.1, -0.05) is 194 Å². The number of rotatable bonds is 32. The van der Waals surface area contributed by atoms with Crippen LogP contribution in [0.1, 0.15) is 219 Å². The second-order valence-electron chi connectivity index (χ2n) is 12.6. The van der Waals surface area contributed by atoms with Crippen LogP contribution in [0.5, 0.6) is 0 Å². The number of unbranched alkanes of at least 4 members (excludes halogenated alkanes) is 28. The van der Waals surface area contributed by atoms with Gasteiger partial charge in [0.2, 0.25) is 0 Å². The van der Waals surface area contributed by atoms with Gasteiger partial charge in [-0.15, -0.1) is 12.0 Å². The molecule has 0 saturated heterocycles. The Labute approximate surface area is 309 Å². The van der Waals surface area contributed by atoms with Crippen molar-refractivity contribution in [3.8, 4) is 0 Å². The van der Waals surface area contributed by atoms with Gasteiger partial charge in [0.25, 0.3) is 0 Å². The van der Waals surface area contributed by atoms with Crippen molar-refractivity contribution in [3.05, 3.63) is 10.8 Å². The Hall–Kier alpha value is -0.640. The molecule has 0 spiro atoms. The second kappa shape index (κ2) is 45.5. The topological polar surface area (TPSA) is 103 Å². The molecule has 0 aromatic carbocycles. The van der Waals surface area contributed by atoms with Crippen LogP contribution in [0, 0.1) is 0 Å². The summed E-state index contributed by atoms with van der Waals surface area (Å²) in [7, 11) is 0. The third-order valence-corrected chi connectivity index (χ3v) is 8.34. The molecule has 256 valence electrons. The standard InChI is InChI=1S/2C19H35N2O.Ca/c2*1-2-3-4-5-6-7-8-9-10-11-12-13-14-15-16-17-19(22)21-18-20;/h2*2-17H2,1H3;/q2*-1;+2. The molecule has 0 aromatic rings. The zero-order chi connectivity index (χ0) is 32.6. The van der Waals surface area contributed by atoms with E-state index in [0.29, 0.717) is 12.8 Å². The van der Waals surface area contributed by atoms with Gasteiger partial charge in [-0.25, -0.2) is 0 Å². The van der Waals surface area contributed by atoms with Gasteiger partial charge in [0.15, 0.2) is 11.8 Å². The van der Waals surface area contributed by atoms with E-state index in [4.69, 9.17) is 10.8 Å². The van der Waals surface area contributed by atoms with Gasteiger partial charge in [0, 0.05) is 12.8 Å². The number of nitrogens with zero attached hydrogens (tertiary/aromatic N) is 4. The SMILES string of the molecule is CCCCCCCCCCCCCCCCCC(=O)N=C=[N-].CCCCCCCCCCCCCCCCCC(=O)N=C=[N-].[Ca+2]. The fraction of sp³-hybridized carbons (Fsp3) is 0.895. The van der Waals surface area contributed by atoms with Crippen molar-refractivity contribution in [2.45, 2.75) is 219 Å². The van der Waals surface area contributed by atoms with Crippen molar-refractivity contribution in [2.24, 2.45) is 9.98 Å². The van der Waals surface area contributed by atoms with Crippen LogP contribution in [0.25, 0.3) is 10.8 Å². The molecule has 0 unspecified atom stereocenters. The third-order valence-electron chi connectivity index (χ3n) is 8.34. The van der Waals surface area contributed by atoms with E-state index in [1.54, 1.807) is 12.0 Å². The normalized spacial score (nSPS) is 10.2. The van der Waals surface area contributed by atoms with E-state index < -0.39 is 0 Å². The Morgan fingerprint density at radius 2 is 0.556 bits per heavy atom. The van der Waals surface area contributed by atoms with Crippen LogP contribution < -0.4 is 0 Å². The molecular weight excluding hydrogens is 585 g/mol. The zero-order valence-corrected chi connectivity index (χ0v) is 32.1. The smallest absolute Gasteiger partial charge is 0.422 e. The number of aliphatic imine (C=N–C) groups is 2. The molecule has 0 aliphatic heterocycles. The first-order valence-electron chi connectivity index (χ1n) is 18.9. The fourth-order valence-electron chi connectivity index (χ4n) is 5.52. The molecule has 0 aromatic heterocycles. The molecule has 0 N–H and O–H groups in total. The van der Waals surface area contributed by atoms with Crippen LogP contribution in [-0.2, 0) is 9.59 Å². The first-order valence-corrected chi connectivity index (χ1v) is 18.9. The summed E-state index contributed by atoms with van der Waals surface area (Å²) in [6, 6.07) is 3.09. The van der Waals surface area contributed by atoms with Gasteiger partial charge in [-0.05, 0) is 12.8 Å². The number of amides is 2. The zero-order valence-electron chi connectivity index (χ0n) is 29.9. The molecule has 0 bridgehead atoms. The van der Waals surface area contributed by atoms with Crippen molar-refractivity contribution >= 4 is 61.6 Å². The van der Waals surface area contributed by atoms with E-state index in [-0.39, 0.29) is 49.6 Å². The molecule has 0 aliphatic rings. The quantitative estimate of drug-likeness (QED) is 0.0409. The van der Waals surface area contributed by atoms with E-state index in [1.807, 2.05) is 0 Å². The molecule has 45 heavy (non-hydrogen) atoms. The Bertz CT molecular complexity index is 659. The molecule has 0 radical (unpaired) electrons. The Kier molecular flexibility index (Phi) is 49.3. The van der Waals surface area contributed by atoms with Gasteiger partial charge in [0.05, 0.1) is 0 Å². The van der Waals surface area contributed by atoms with Crippen LogP contribution in [0.2, 0.25) is 0 Å². The molecule has 7 heteroatoms. The summed E-state index contributed by atoms with van der Waals surface area (Å²) in [5, 5.41) is 16.4. The van der Waals surface area contributed by atoms with Crippen LogP contribution in [0.4, 0.5) is 0 Å². The summed E-state index contributed by atoms with van der Waals surface area (Å²) in [5.74, 6) is -0.533. The van der Waals surface area contributed by atoms with Crippen LogP contribution in [-0.4, -0.2) is 61.6 Å². The monoisotopic (exact) mass is 655 g/mol. The predicted octanol–water partition coefficient (Wildman–Crippen LogP) is 12.7. The predicted molar refractivity (Wildman–Crippen MR) is 196 cm³/mol. The molecule has 0 aliphatic carbocycles. The van der Waals surface area contributed by atoms with Crippen molar-refractivity contribution in [1.82, 2.24) is 0 Å². The van der Waals surface area contributed by atoms with Crippen LogP contribution in [0.15, 0.2) is 9.98 Å². The van der Waals surface area contributed by atoms with Crippen LogP contribution >= 0.6 is 0 Å². The molecule has 6 nitrogen and oxygen atoms in total. The number of hydrogen-bond acceptors (Lipinski definition) is 2. The van der Waals surface area contributed by atoms with E-state index in [1.165, 1.54) is 167 Å². The van der Waals surface area contributed by atoms with Gasteiger partial charge in [0.1, 0.15) is 0 Å². The minimum Gasteiger partial charge on any atom is -0.422 e. The van der Waals surface area contributed by atoms with Gasteiger partial charge in [-0.2, -0.15) is 0 Å². The fourth-order valence-corrected chi connectivity index (χ4v) is 5.52. The Morgan fingerprint density at radius 1 is 0.378 bits per heavy atom. The number of hydrogen-bond donors (Lipinski definition) is 0. The molecule has 2 amide bonds. The first kappa shape index (κ1) is 48.8. The molecule has 0 saturated carbocycles. The van der Waals surface area contributed by atoms with Crippen molar-refractivity contribution in [3.63, 3.8) is 0 Å².